The molecule has 0 fully saturated rings. The van der Waals surface area contributed by atoms with Crippen molar-refractivity contribution >= 4 is 23.4 Å². The van der Waals surface area contributed by atoms with Crippen molar-refractivity contribution in [3.63, 3.8) is 0 Å². The van der Waals surface area contributed by atoms with Crippen molar-refractivity contribution in [1.29, 1.82) is 0 Å². The Bertz CT molecular complexity index is 1150. The number of hydrogen-bond acceptors (Lipinski definition) is 6. The number of ether oxygens (including phenoxy) is 1. The van der Waals surface area contributed by atoms with Gasteiger partial charge in [-0.2, -0.15) is 0 Å². The summed E-state index contributed by atoms with van der Waals surface area (Å²) in [4.78, 5) is 16.9. The van der Waals surface area contributed by atoms with Gasteiger partial charge in [-0.1, -0.05) is 48.2 Å². The number of aromatic nitrogens is 4. The first-order valence-corrected chi connectivity index (χ1v) is 10.8. The van der Waals surface area contributed by atoms with E-state index in [1.54, 1.807) is 6.20 Å². The fourth-order valence-corrected chi connectivity index (χ4v) is 3.75. The number of rotatable bonds is 8. The summed E-state index contributed by atoms with van der Waals surface area (Å²) < 4.78 is 7.71. The summed E-state index contributed by atoms with van der Waals surface area (Å²) in [6.45, 7) is 2.46. The molecule has 31 heavy (non-hydrogen) atoms. The second-order valence-electron chi connectivity index (χ2n) is 6.46. The van der Waals surface area contributed by atoms with Gasteiger partial charge in [-0.05, 0) is 43.3 Å². The van der Waals surface area contributed by atoms with Crippen LogP contribution in [0.15, 0.2) is 84.1 Å². The van der Waals surface area contributed by atoms with E-state index in [-0.39, 0.29) is 11.7 Å². The van der Waals surface area contributed by atoms with Gasteiger partial charge in [0, 0.05) is 11.9 Å². The van der Waals surface area contributed by atoms with Crippen molar-refractivity contribution < 1.29 is 9.53 Å². The molecule has 0 saturated carbocycles. The lowest BCUT2D eigenvalue weighted by Gasteiger charge is -2.14. The van der Waals surface area contributed by atoms with E-state index in [0.717, 1.165) is 11.4 Å². The third kappa shape index (κ3) is 4.92. The second kappa shape index (κ2) is 9.90. The Morgan fingerprint density at radius 3 is 2.55 bits per heavy atom. The van der Waals surface area contributed by atoms with Crippen LogP contribution in [0, 0.1) is 0 Å². The minimum absolute atomic E-state index is 0.122. The van der Waals surface area contributed by atoms with Crippen molar-refractivity contribution in [2.24, 2.45) is 0 Å². The number of nitrogens with zero attached hydrogens (tertiary/aromatic N) is 4. The third-order valence-corrected chi connectivity index (χ3v) is 5.25. The molecule has 0 saturated heterocycles. The lowest BCUT2D eigenvalue weighted by Crippen LogP contribution is -2.14. The Labute approximate surface area is 184 Å². The molecule has 0 aliphatic heterocycles. The zero-order valence-corrected chi connectivity index (χ0v) is 17.7. The maximum absolute atomic E-state index is 12.5. The molecule has 156 valence electrons. The number of hydrogen-bond donors (Lipinski definition) is 1. The minimum atomic E-state index is -0.122. The molecule has 0 aliphatic rings. The highest BCUT2D eigenvalue weighted by molar-refractivity contribution is 7.99. The van der Waals surface area contributed by atoms with Gasteiger partial charge < -0.3 is 10.1 Å². The number of benzene rings is 2. The maximum Gasteiger partial charge on any atom is 0.234 e. The number of amides is 1. The highest BCUT2D eigenvalue weighted by Gasteiger charge is 2.20. The van der Waals surface area contributed by atoms with E-state index in [0.29, 0.717) is 29.0 Å². The number of anilines is 1. The van der Waals surface area contributed by atoms with Crippen molar-refractivity contribution in [1.82, 2.24) is 19.7 Å². The third-order valence-electron chi connectivity index (χ3n) is 4.32. The van der Waals surface area contributed by atoms with Crippen LogP contribution in [0.1, 0.15) is 6.92 Å². The topological polar surface area (TPSA) is 81.9 Å². The number of carbonyl (C=O) groups excluding carboxylic acids is 1. The summed E-state index contributed by atoms with van der Waals surface area (Å²) in [7, 11) is 0. The van der Waals surface area contributed by atoms with Crippen LogP contribution in [-0.2, 0) is 4.79 Å². The number of carbonyl (C=O) groups is 1. The monoisotopic (exact) mass is 431 g/mol. The average Bonchev–Trinajstić information content (AvgIpc) is 3.23. The zero-order chi connectivity index (χ0) is 21.5. The summed E-state index contributed by atoms with van der Waals surface area (Å²) in [5.74, 6) is 1.35. The van der Waals surface area contributed by atoms with Crippen molar-refractivity contribution in [2.75, 3.05) is 17.7 Å². The van der Waals surface area contributed by atoms with Gasteiger partial charge in [0.15, 0.2) is 11.0 Å². The van der Waals surface area contributed by atoms with Gasteiger partial charge in [-0.3, -0.25) is 14.3 Å². The molecule has 1 amide bonds. The first kappa shape index (κ1) is 20.6. The van der Waals surface area contributed by atoms with Crippen LogP contribution in [0.5, 0.6) is 5.75 Å². The fraction of sp³-hybridized carbons (Fsp3) is 0.130. The summed E-state index contributed by atoms with van der Waals surface area (Å²) in [5, 5.41) is 12.2. The number of pyridine rings is 1. The molecule has 4 aromatic rings. The quantitative estimate of drug-likeness (QED) is 0.415. The molecule has 1 N–H and O–H groups in total. The molecule has 2 aromatic carbocycles. The van der Waals surface area contributed by atoms with E-state index in [9.17, 15) is 4.79 Å². The Balaban J connectivity index is 1.65. The van der Waals surface area contributed by atoms with Gasteiger partial charge in [0.05, 0.1) is 18.0 Å². The molecule has 0 atom stereocenters. The SMILES string of the molecule is CCOc1ccccc1-n1c(SCC(=O)Nc2ccccc2)nnc1-c1ccccn1. The van der Waals surface area contributed by atoms with E-state index >= 15 is 0 Å². The molecule has 4 rings (SSSR count). The fourth-order valence-electron chi connectivity index (χ4n) is 3.01. The Morgan fingerprint density at radius 2 is 1.77 bits per heavy atom. The molecule has 7 nitrogen and oxygen atoms in total. The molecule has 0 bridgehead atoms. The van der Waals surface area contributed by atoms with E-state index in [2.05, 4.69) is 20.5 Å². The van der Waals surface area contributed by atoms with Crippen LogP contribution in [-0.4, -0.2) is 38.0 Å². The van der Waals surface area contributed by atoms with Gasteiger partial charge in [0.2, 0.25) is 5.91 Å². The second-order valence-corrected chi connectivity index (χ2v) is 7.40. The van der Waals surface area contributed by atoms with E-state index < -0.39 is 0 Å². The normalized spacial score (nSPS) is 10.6. The smallest absolute Gasteiger partial charge is 0.234 e. The minimum Gasteiger partial charge on any atom is -0.492 e. The van der Waals surface area contributed by atoms with Crippen LogP contribution in [0.25, 0.3) is 17.2 Å². The number of para-hydroxylation sites is 3. The molecule has 0 radical (unpaired) electrons. The number of thioether (sulfide) groups is 1. The zero-order valence-electron chi connectivity index (χ0n) is 16.9. The predicted molar refractivity (Wildman–Crippen MR) is 122 cm³/mol. The van der Waals surface area contributed by atoms with Gasteiger partial charge >= 0.3 is 0 Å². The van der Waals surface area contributed by atoms with Crippen LogP contribution in [0.3, 0.4) is 0 Å². The molecular formula is C23H21N5O2S. The summed E-state index contributed by atoms with van der Waals surface area (Å²) in [5.41, 5.74) is 2.23. The lowest BCUT2D eigenvalue weighted by atomic mass is 10.2. The van der Waals surface area contributed by atoms with Crippen LogP contribution >= 0.6 is 11.8 Å². The van der Waals surface area contributed by atoms with Crippen LogP contribution in [0.4, 0.5) is 5.69 Å². The maximum atomic E-state index is 12.5. The van der Waals surface area contributed by atoms with Gasteiger partial charge in [0.25, 0.3) is 0 Å². The highest BCUT2D eigenvalue weighted by atomic mass is 32.2. The summed E-state index contributed by atoms with van der Waals surface area (Å²) >= 11 is 1.31. The van der Waals surface area contributed by atoms with E-state index in [1.165, 1.54) is 11.8 Å². The lowest BCUT2D eigenvalue weighted by molar-refractivity contribution is -0.113. The molecular weight excluding hydrogens is 410 g/mol. The average molecular weight is 432 g/mol. The molecule has 0 spiro atoms. The van der Waals surface area contributed by atoms with Crippen molar-refractivity contribution in [3.05, 3.63) is 79.0 Å². The molecule has 0 aliphatic carbocycles. The van der Waals surface area contributed by atoms with Crippen LogP contribution < -0.4 is 10.1 Å². The van der Waals surface area contributed by atoms with Gasteiger partial charge in [0.1, 0.15) is 11.4 Å². The first-order chi connectivity index (χ1) is 15.3. The summed E-state index contributed by atoms with van der Waals surface area (Å²) in [6, 6.07) is 22.7. The van der Waals surface area contributed by atoms with E-state index in [4.69, 9.17) is 4.74 Å². The summed E-state index contributed by atoms with van der Waals surface area (Å²) in [6.07, 6.45) is 1.71. The largest absolute Gasteiger partial charge is 0.492 e. The van der Waals surface area contributed by atoms with Gasteiger partial charge in [-0.15, -0.1) is 10.2 Å². The first-order valence-electron chi connectivity index (χ1n) is 9.83. The van der Waals surface area contributed by atoms with Crippen LogP contribution in [0.2, 0.25) is 0 Å². The van der Waals surface area contributed by atoms with Gasteiger partial charge in [-0.25, -0.2) is 0 Å². The Morgan fingerprint density at radius 1 is 1.00 bits per heavy atom. The number of nitrogens with one attached hydrogen (secondary N) is 1. The standard InChI is InChI=1S/C23H21N5O2S/c1-2-30-20-14-7-6-13-19(20)28-22(18-12-8-9-15-24-18)26-27-23(28)31-16-21(29)25-17-10-4-3-5-11-17/h3-15H,2,16H2,1H3,(H,25,29). The molecule has 2 aromatic heterocycles. The van der Waals surface area contributed by atoms with Crippen molar-refractivity contribution in [2.45, 2.75) is 12.1 Å². The Kier molecular flexibility index (Phi) is 6.59. The highest BCUT2D eigenvalue weighted by Crippen LogP contribution is 2.32. The molecule has 0 unspecified atom stereocenters. The predicted octanol–water partition coefficient (Wildman–Crippen LogP) is 4.46. The molecule has 2 heterocycles. The molecule has 8 heteroatoms. The Hall–Kier alpha value is -3.65. The van der Waals surface area contributed by atoms with E-state index in [1.807, 2.05) is 84.3 Å². The van der Waals surface area contributed by atoms with Crippen molar-refractivity contribution in [3.8, 4) is 23.0 Å².